The predicted molar refractivity (Wildman–Crippen MR) is 80.1 cm³/mol. The normalized spacial score (nSPS) is 24.1. The summed E-state index contributed by atoms with van der Waals surface area (Å²) in [5, 5.41) is 0. The third-order valence-corrected chi connectivity index (χ3v) is 5.03. The van der Waals surface area contributed by atoms with Gasteiger partial charge in [0.1, 0.15) is 5.82 Å². The molecule has 1 aromatic carbocycles. The fourth-order valence-corrected chi connectivity index (χ4v) is 4.03. The summed E-state index contributed by atoms with van der Waals surface area (Å²) >= 11 is 0. The van der Waals surface area contributed by atoms with E-state index in [2.05, 4.69) is 10.3 Å². The van der Waals surface area contributed by atoms with Gasteiger partial charge in [0.2, 0.25) is 0 Å². The zero-order valence-electron chi connectivity index (χ0n) is 12.4. The largest absolute Gasteiger partial charge is 0.379 e. The van der Waals surface area contributed by atoms with Crippen molar-refractivity contribution in [2.45, 2.75) is 37.3 Å². The summed E-state index contributed by atoms with van der Waals surface area (Å²) in [5.41, 5.74) is 3.49. The van der Waals surface area contributed by atoms with Crippen LogP contribution in [0.2, 0.25) is 0 Å². The van der Waals surface area contributed by atoms with Crippen molar-refractivity contribution in [2.24, 2.45) is 5.84 Å². The molecule has 1 aromatic rings. The topological polar surface area (TPSA) is 50.5 Å². The molecule has 2 aliphatic rings. The smallest absolute Gasteiger partial charge is 0.128 e. The maximum absolute atomic E-state index is 14.3. The van der Waals surface area contributed by atoms with E-state index < -0.39 is 0 Å². The van der Waals surface area contributed by atoms with Gasteiger partial charge in [0.15, 0.2) is 0 Å². The molecule has 0 amide bonds. The van der Waals surface area contributed by atoms with Crippen LogP contribution in [0, 0.1) is 5.82 Å². The highest BCUT2D eigenvalue weighted by Gasteiger charge is 2.47. The number of hydrazine groups is 1. The van der Waals surface area contributed by atoms with Crippen LogP contribution < -0.4 is 11.3 Å². The molecule has 1 aliphatic carbocycles. The quantitative estimate of drug-likeness (QED) is 0.658. The average Bonchev–Trinajstić information content (AvgIpc) is 3.01. The lowest BCUT2D eigenvalue weighted by Gasteiger charge is -2.48. The third-order valence-electron chi connectivity index (χ3n) is 5.03. The van der Waals surface area contributed by atoms with E-state index in [9.17, 15) is 4.39 Å². The fourth-order valence-electron chi connectivity index (χ4n) is 4.03. The molecule has 3 rings (SSSR count). The molecule has 1 heterocycles. The van der Waals surface area contributed by atoms with E-state index in [1.165, 1.54) is 18.9 Å². The Bertz CT molecular complexity index is 470. The second-order valence-electron chi connectivity index (χ2n) is 6.03. The Morgan fingerprint density at radius 3 is 2.48 bits per heavy atom. The summed E-state index contributed by atoms with van der Waals surface area (Å²) in [6.45, 7) is 3.28. The van der Waals surface area contributed by atoms with E-state index in [0.29, 0.717) is 5.56 Å². The number of benzene rings is 1. The number of nitrogens with zero attached hydrogens (tertiary/aromatic N) is 1. The minimum Gasteiger partial charge on any atom is -0.379 e. The van der Waals surface area contributed by atoms with Crippen LogP contribution in [-0.4, -0.2) is 36.7 Å². The summed E-state index contributed by atoms with van der Waals surface area (Å²) < 4.78 is 19.8. The van der Waals surface area contributed by atoms with Crippen LogP contribution in [0.1, 0.15) is 37.3 Å². The van der Waals surface area contributed by atoms with Crippen LogP contribution in [0.15, 0.2) is 24.3 Å². The first-order valence-electron chi connectivity index (χ1n) is 7.81. The van der Waals surface area contributed by atoms with E-state index in [4.69, 9.17) is 10.6 Å². The van der Waals surface area contributed by atoms with Crippen molar-refractivity contribution in [1.29, 1.82) is 0 Å². The maximum Gasteiger partial charge on any atom is 0.128 e. The van der Waals surface area contributed by atoms with Gasteiger partial charge in [-0.05, 0) is 18.9 Å². The summed E-state index contributed by atoms with van der Waals surface area (Å²) in [5.74, 6) is 5.69. The van der Waals surface area contributed by atoms with Crippen LogP contribution in [0.25, 0.3) is 0 Å². The zero-order valence-corrected chi connectivity index (χ0v) is 12.4. The predicted octanol–water partition coefficient (Wildman–Crippen LogP) is 1.98. The Morgan fingerprint density at radius 1 is 1.19 bits per heavy atom. The van der Waals surface area contributed by atoms with Crippen molar-refractivity contribution in [3.63, 3.8) is 0 Å². The number of rotatable bonds is 4. The highest BCUT2D eigenvalue weighted by atomic mass is 19.1. The standard InChI is InChI=1S/C16H24FN3O/c17-14-6-2-1-5-13(14)15(19-18)16(7-3-4-8-16)20-9-11-21-12-10-20/h1-2,5-6,15,19H,3-4,7-12,18H2. The van der Waals surface area contributed by atoms with E-state index in [0.717, 1.165) is 39.1 Å². The summed E-state index contributed by atoms with van der Waals surface area (Å²) in [6.07, 6.45) is 4.44. The van der Waals surface area contributed by atoms with E-state index in [1.807, 2.05) is 12.1 Å². The molecule has 3 N–H and O–H groups in total. The Balaban J connectivity index is 1.96. The van der Waals surface area contributed by atoms with Crippen LogP contribution in [0.5, 0.6) is 0 Å². The van der Waals surface area contributed by atoms with Crippen molar-refractivity contribution in [3.8, 4) is 0 Å². The molecule has 21 heavy (non-hydrogen) atoms. The van der Waals surface area contributed by atoms with Gasteiger partial charge in [0.05, 0.1) is 19.3 Å². The van der Waals surface area contributed by atoms with Gasteiger partial charge >= 0.3 is 0 Å². The molecule has 1 saturated heterocycles. The van der Waals surface area contributed by atoms with Gasteiger partial charge in [0, 0.05) is 24.2 Å². The Hall–Kier alpha value is -1.01. The molecular weight excluding hydrogens is 269 g/mol. The van der Waals surface area contributed by atoms with Gasteiger partial charge in [-0.2, -0.15) is 0 Å². The van der Waals surface area contributed by atoms with Crippen LogP contribution in [0.4, 0.5) is 4.39 Å². The first kappa shape index (κ1) is 14.9. The van der Waals surface area contributed by atoms with Gasteiger partial charge in [0.25, 0.3) is 0 Å². The molecular formula is C16H24FN3O. The number of morpholine rings is 1. The number of hydrogen-bond donors (Lipinski definition) is 2. The van der Waals surface area contributed by atoms with Crippen molar-refractivity contribution < 1.29 is 9.13 Å². The van der Waals surface area contributed by atoms with E-state index in [-0.39, 0.29) is 17.4 Å². The molecule has 0 bridgehead atoms. The highest BCUT2D eigenvalue weighted by molar-refractivity contribution is 5.26. The molecule has 5 heteroatoms. The van der Waals surface area contributed by atoms with Crippen LogP contribution >= 0.6 is 0 Å². The highest BCUT2D eigenvalue weighted by Crippen LogP contribution is 2.45. The monoisotopic (exact) mass is 293 g/mol. The van der Waals surface area contributed by atoms with E-state index >= 15 is 0 Å². The lowest BCUT2D eigenvalue weighted by molar-refractivity contribution is -0.0368. The molecule has 1 aliphatic heterocycles. The molecule has 1 saturated carbocycles. The van der Waals surface area contributed by atoms with Crippen molar-refractivity contribution in [2.75, 3.05) is 26.3 Å². The number of halogens is 1. The second kappa shape index (κ2) is 6.40. The van der Waals surface area contributed by atoms with Gasteiger partial charge in [-0.15, -0.1) is 0 Å². The number of ether oxygens (including phenoxy) is 1. The number of hydrogen-bond acceptors (Lipinski definition) is 4. The second-order valence-corrected chi connectivity index (χ2v) is 6.03. The summed E-state index contributed by atoms with van der Waals surface area (Å²) in [4.78, 5) is 2.46. The van der Waals surface area contributed by atoms with Gasteiger partial charge in [-0.25, -0.2) is 4.39 Å². The first-order chi connectivity index (χ1) is 10.3. The SMILES string of the molecule is NNC(c1ccccc1F)C1(N2CCOCC2)CCCC1. The molecule has 0 radical (unpaired) electrons. The third kappa shape index (κ3) is 2.71. The number of nitrogens with two attached hydrogens (primary N) is 1. The molecule has 1 unspecified atom stereocenters. The zero-order chi connectivity index (χ0) is 14.7. The van der Waals surface area contributed by atoms with Crippen molar-refractivity contribution >= 4 is 0 Å². The lowest BCUT2D eigenvalue weighted by atomic mass is 9.81. The minimum atomic E-state index is -0.181. The molecule has 4 nitrogen and oxygen atoms in total. The first-order valence-corrected chi connectivity index (χ1v) is 7.81. The summed E-state index contributed by atoms with van der Waals surface area (Å²) in [7, 11) is 0. The maximum atomic E-state index is 14.3. The van der Waals surface area contributed by atoms with Crippen molar-refractivity contribution in [1.82, 2.24) is 10.3 Å². The molecule has 116 valence electrons. The Morgan fingerprint density at radius 2 is 1.86 bits per heavy atom. The molecule has 0 spiro atoms. The van der Waals surface area contributed by atoms with Crippen LogP contribution in [-0.2, 0) is 4.74 Å². The average molecular weight is 293 g/mol. The number of nitrogens with one attached hydrogen (secondary N) is 1. The summed E-state index contributed by atoms with van der Waals surface area (Å²) in [6, 6.07) is 6.79. The van der Waals surface area contributed by atoms with Crippen molar-refractivity contribution in [3.05, 3.63) is 35.6 Å². The van der Waals surface area contributed by atoms with Crippen LogP contribution in [0.3, 0.4) is 0 Å². The lowest BCUT2D eigenvalue weighted by Crippen LogP contribution is -2.59. The minimum absolute atomic E-state index is 0.0965. The van der Waals surface area contributed by atoms with Gasteiger partial charge < -0.3 is 4.74 Å². The van der Waals surface area contributed by atoms with E-state index in [1.54, 1.807) is 6.07 Å². The van der Waals surface area contributed by atoms with Gasteiger partial charge in [-0.1, -0.05) is 31.0 Å². The van der Waals surface area contributed by atoms with Gasteiger partial charge in [-0.3, -0.25) is 16.2 Å². The molecule has 1 atom stereocenters. The molecule has 0 aromatic heterocycles. The Kier molecular flexibility index (Phi) is 4.54. The Labute approximate surface area is 125 Å². The fraction of sp³-hybridized carbons (Fsp3) is 0.625. The molecule has 2 fully saturated rings.